The summed E-state index contributed by atoms with van der Waals surface area (Å²) in [4.78, 5) is 11.1. The van der Waals surface area contributed by atoms with Crippen molar-refractivity contribution in [2.24, 2.45) is 0 Å². The molecule has 0 radical (unpaired) electrons. The molecule has 0 spiro atoms. The molecule has 0 saturated carbocycles. The Morgan fingerprint density at radius 3 is 2.73 bits per heavy atom. The Balaban J connectivity index is 2.76. The Bertz CT molecular complexity index is 368. The van der Waals surface area contributed by atoms with Crippen LogP contribution in [0.4, 0.5) is 4.39 Å². The summed E-state index contributed by atoms with van der Waals surface area (Å²) in [6.07, 6.45) is -0.725. The molecule has 0 amide bonds. The summed E-state index contributed by atoms with van der Waals surface area (Å²) >= 11 is 3.13. The maximum absolute atomic E-state index is 12.7. The smallest absolute Gasteiger partial charge is 0.346 e. The average molecular weight is 277 g/mol. The number of benzene rings is 1. The van der Waals surface area contributed by atoms with Crippen LogP contribution < -0.4 is 4.74 Å². The van der Waals surface area contributed by atoms with Crippen LogP contribution in [0.3, 0.4) is 0 Å². The van der Waals surface area contributed by atoms with E-state index in [9.17, 15) is 9.18 Å². The lowest BCUT2D eigenvalue weighted by Crippen LogP contribution is -2.25. The second kappa shape index (κ2) is 5.11. The number of halogens is 2. The molecular weight excluding hydrogens is 267 g/mol. The minimum absolute atomic E-state index is 0.375. The summed E-state index contributed by atoms with van der Waals surface area (Å²) in [7, 11) is 1.28. The van der Waals surface area contributed by atoms with E-state index in [1.54, 1.807) is 6.92 Å². The van der Waals surface area contributed by atoms with Crippen LogP contribution in [0.2, 0.25) is 0 Å². The lowest BCUT2D eigenvalue weighted by atomic mass is 10.3. The molecule has 0 aliphatic carbocycles. The molecule has 82 valence electrons. The molecule has 1 atom stereocenters. The molecule has 0 aliphatic heterocycles. The van der Waals surface area contributed by atoms with Crippen LogP contribution in [0.15, 0.2) is 22.7 Å². The first-order valence-corrected chi connectivity index (χ1v) is 5.03. The van der Waals surface area contributed by atoms with Gasteiger partial charge >= 0.3 is 5.97 Å². The predicted octanol–water partition coefficient (Wildman–Crippen LogP) is 2.53. The standard InChI is InChI=1S/C10H10BrFO3/c1-6(10(13)14-2)15-9-4-3-7(12)5-8(9)11/h3-6H,1-2H3. The zero-order chi connectivity index (χ0) is 11.4. The van der Waals surface area contributed by atoms with E-state index in [-0.39, 0.29) is 5.82 Å². The van der Waals surface area contributed by atoms with Crippen LogP contribution in [0.1, 0.15) is 6.92 Å². The Morgan fingerprint density at radius 1 is 1.53 bits per heavy atom. The van der Waals surface area contributed by atoms with Gasteiger partial charge in [0.05, 0.1) is 11.6 Å². The molecular formula is C10H10BrFO3. The van der Waals surface area contributed by atoms with E-state index >= 15 is 0 Å². The Kier molecular flexibility index (Phi) is 4.08. The topological polar surface area (TPSA) is 35.5 Å². The molecule has 1 aromatic carbocycles. The van der Waals surface area contributed by atoms with E-state index in [1.165, 1.54) is 25.3 Å². The molecule has 0 fully saturated rings. The quantitative estimate of drug-likeness (QED) is 0.796. The van der Waals surface area contributed by atoms with Crippen molar-refractivity contribution in [1.29, 1.82) is 0 Å². The summed E-state index contributed by atoms with van der Waals surface area (Å²) in [6, 6.07) is 3.96. The molecule has 1 aromatic rings. The second-order valence-electron chi connectivity index (χ2n) is 2.86. The van der Waals surface area contributed by atoms with Crippen LogP contribution in [-0.4, -0.2) is 19.2 Å². The molecule has 1 unspecified atom stereocenters. The molecule has 0 bridgehead atoms. The van der Waals surface area contributed by atoms with Crippen LogP contribution >= 0.6 is 15.9 Å². The highest BCUT2D eigenvalue weighted by Crippen LogP contribution is 2.26. The van der Waals surface area contributed by atoms with Gasteiger partial charge in [-0.3, -0.25) is 0 Å². The number of ether oxygens (including phenoxy) is 2. The third-order valence-corrected chi connectivity index (χ3v) is 2.35. The van der Waals surface area contributed by atoms with Gasteiger partial charge in [-0.2, -0.15) is 0 Å². The van der Waals surface area contributed by atoms with Crippen LogP contribution in [0.25, 0.3) is 0 Å². The van der Waals surface area contributed by atoms with E-state index in [2.05, 4.69) is 20.7 Å². The lowest BCUT2D eigenvalue weighted by Gasteiger charge is -2.13. The summed E-state index contributed by atoms with van der Waals surface area (Å²) in [5, 5.41) is 0. The summed E-state index contributed by atoms with van der Waals surface area (Å²) in [5.41, 5.74) is 0. The maximum Gasteiger partial charge on any atom is 0.346 e. The first kappa shape index (κ1) is 12.0. The second-order valence-corrected chi connectivity index (χ2v) is 3.71. The highest BCUT2D eigenvalue weighted by atomic mass is 79.9. The van der Waals surface area contributed by atoms with Crippen molar-refractivity contribution < 1.29 is 18.7 Å². The normalized spacial score (nSPS) is 12.0. The Labute approximate surface area is 95.3 Å². The number of carbonyl (C=O) groups is 1. The molecule has 3 nitrogen and oxygen atoms in total. The zero-order valence-electron chi connectivity index (χ0n) is 8.29. The number of rotatable bonds is 3. The molecule has 0 N–H and O–H groups in total. The van der Waals surface area contributed by atoms with E-state index in [0.717, 1.165) is 0 Å². The molecule has 5 heteroatoms. The Hall–Kier alpha value is -1.10. The average Bonchev–Trinajstić information content (AvgIpc) is 2.20. The number of carbonyl (C=O) groups excluding carboxylic acids is 1. The number of hydrogen-bond donors (Lipinski definition) is 0. The van der Waals surface area contributed by atoms with Crippen molar-refractivity contribution in [2.45, 2.75) is 13.0 Å². The predicted molar refractivity (Wildman–Crippen MR) is 56.2 cm³/mol. The first-order chi connectivity index (χ1) is 7.04. The first-order valence-electron chi connectivity index (χ1n) is 4.24. The monoisotopic (exact) mass is 276 g/mol. The van der Waals surface area contributed by atoms with Crippen molar-refractivity contribution in [3.05, 3.63) is 28.5 Å². The zero-order valence-corrected chi connectivity index (χ0v) is 9.88. The van der Waals surface area contributed by atoms with Gasteiger partial charge in [-0.15, -0.1) is 0 Å². The molecule has 15 heavy (non-hydrogen) atoms. The van der Waals surface area contributed by atoms with E-state index in [1.807, 2.05) is 0 Å². The van der Waals surface area contributed by atoms with E-state index in [4.69, 9.17) is 4.74 Å². The summed E-state index contributed by atoms with van der Waals surface area (Å²) in [5.74, 6) is -0.458. The maximum atomic E-state index is 12.7. The lowest BCUT2D eigenvalue weighted by molar-refractivity contribution is -0.147. The molecule has 0 aromatic heterocycles. The number of methoxy groups -OCH3 is 1. The molecule has 0 saturated heterocycles. The van der Waals surface area contributed by atoms with Crippen molar-refractivity contribution in [3.8, 4) is 5.75 Å². The highest BCUT2D eigenvalue weighted by molar-refractivity contribution is 9.10. The van der Waals surface area contributed by atoms with Crippen LogP contribution in [0.5, 0.6) is 5.75 Å². The summed E-state index contributed by atoms with van der Waals surface area (Å²) < 4.78 is 22.9. The Morgan fingerprint density at radius 2 is 2.20 bits per heavy atom. The molecule has 0 heterocycles. The van der Waals surface area contributed by atoms with Crippen LogP contribution in [0, 0.1) is 5.82 Å². The van der Waals surface area contributed by atoms with Crippen molar-refractivity contribution in [1.82, 2.24) is 0 Å². The van der Waals surface area contributed by atoms with Gasteiger partial charge in [0, 0.05) is 0 Å². The van der Waals surface area contributed by atoms with Gasteiger partial charge < -0.3 is 9.47 Å². The molecule has 1 rings (SSSR count). The fraction of sp³-hybridized carbons (Fsp3) is 0.300. The number of hydrogen-bond acceptors (Lipinski definition) is 3. The third kappa shape index (κ3) is 3.20. The third-order valence-electron chi connectivity index (χ3n) is 1.73. The van der Waals surface area contributed by atoms with E-state index in [0.29, 0.717) is 10.2 Å². The van der Waals surface area contributed by atoms with Crippen molar-refractivity contribution in [2.75, 3.05) is 7.11 Å². The summed E-state index contributed by atoms with van der Waals surface area (Å²) in [6.45, 7) is 1.56. The largest absolute Gasteiger partial charge is 0.478 e. The van der Waals surface area contributed by atoms with Crippen molar-refractivity contribution >= 4 is 21.9 Å². The van der Waals surface area contributed by atoms with Gasteiger partial charge in [0.1, 0.15) is 11.6 Å². The van der Waals surface area contributed by atoms with Gasteiger partial charge in [0.25, 0.3) is 0 Å². The van der Waals surface area contributed by atoms with Gasteiger partial charge in [-0.1, -0.05) is 0 Å². The SMILES string of the molecule is COC(=O)C(C)Oc1ccc(F)cc1Br. The number of esters is 1. The van der Waals surface area contributed by atoms with Crippen LogP contribution in [-0.2, 0) is 9.53 Å². The fourth-order valence-electron chi connectivity index (χ4n) is 0.975. The van der Waals surface area contributed by atoms with Gasteiger partial charge in [0.2, 0.25) is 0 Å². The highest BCUT2D eigenvalue weighted by Gasteiger charge is 2.16. The minimum Gasteiger partial charge on any atom is -0.478 e. The van der Waals surface area contributed by atoms with Gasteiger partial charge in [-0.25, -0.2) is 9.18 Å². The van der Waals surface area contributed by atoms with E-state index < -0.39 is 12.1 Å². The molecule has 0 aliphatic rings. The van der Waals surface area contributed by atoms with Crippen molar-refractivity contribution in [3.63, 3.8) is 0 Å². The fourth-order valence-corrected chi connectivity index (χ4v) is 1.42. The van der Waals surface area contributed by atoms with Gasteiger partial charge in [0.15, 0.2) is 6.10 Å². The minimum atomic E-state index is -0.725. The van der Waals surface area contributed by atoms with Gasteiger partial charge in [-0.05, 0) is 41.1 Å².